The number of hydrogen-bond acceptors (Lipinski definition) is 2. The number of hydrogen-bond donors (Lipinski definition) is 1. The molecule has 0 aromatic heterocycles. The number of benzene rings is 1. The molecule has 1 aliphatic heterocycles. The molecular weight excluding hydrogens is 253 g/mol. The van der Waals surface area contributed by atoms with Gasteiger partial charge < -0.3 is 10.2 Å². The van der Waals surface area contributed by atoms with Crippen LogP contribution < -0.4 is 10.2 Å². The topological polar surface area (TPSA) is 15.3 Å². The Balaban J connectivity index is 2.22. The third kappa shape index (κ3) is 3.21. The summed E-state index contributed by atoms with van der Waals surface area (Å²) in [7, 11) is 0. The van der Waals surface area contributed by atoms with E-state index < -0.39 is 17.5 Å². The van der Waals surface area contributed by atoms with Crippen LogP contribution >= 0.6 is 0 Å². The first-order valence-electron chi connectivity index (χ1n) is 6.63. The zero-order valence-corrected chi connectivity index (χ0v) is 11.2. The van der Waals surface area contributed by atoms with E-state index in [9.17, 15) is 13.2 Å². The molecule has 1 saturated heterocycles. The quantitative estimate of drug-likeness (QED) is 0.790. The van der Waals surface area contributed by atoms with Crippen LogP contribution in [0.3, 0.4) is 0 Å². The Hall–Kier alpha value is -1.23. The number of halogens is 3. The normalized spacial score (nSPS) is 25.0. The zero-order chi connectivity index (χ0) is 14.0. The Morgan fingerprint density at radius 3 is 2.16 bits per heavy atom. The van der Waals surface area contributed by atoms with Crippen molar-refractivity contribution >= 4 is 5.69 Å². The van der Waals surface area contributed by atoms with Crippen molar-refractivity contribution in [1.82, 2.24) is 5.32 Å². The molecule has 2 unspecified atom stereocenters. The van der Waals surface area contributed by atoms with E-state index in [1.807, 2.05) is 0 Å². The van der Waals surface area contributed by atoms with Gasteiger partial charge in [0.25, 0.3) is 0 Å². The predicted molar refractivity (Wildman–Crippen MR) is 69.8 cm³/mol. The minimum absolute atomic E-state index is 0.153. The fourth-order valence-corrected chi connectivity index (χ4v) is 2.46. The molecule has 2 nitrogen and oxygen atoms in total. The first-order valence-corrected chi connectivity index (χ1v) is 6.63. The molecule has 19 heavy (non-hydrogen) atoms. The molecule has 1 aromatic rings. The average Bonchev–Trinajstić information content (AvgIpc) is 2.35. The fourth-order valence-electron chi connectivity index (χ4n) is 2.46. The van der Waals surface area contributed by atoms with Crippen molar-refractivity contribution in [3.8, 4) is 0 Å². The van der Waals surface area contributed by atoms with Crippen LogP contribution in [0.1, 0.15) is 26.7 Å². The molecule has 1 aliphatic rings. The monoisotopic (exact) mass is 272 g/mol. The average molecular weight is 272 g/mol. The Morgan fingerprint density at radius 1 is 1.00 bits per heavy atom. The second-order valence-electron chi connectivity index (χ2n) is 5.23. The molecule has 0 saturated carbocycles. The van der Waals surface area contributed by atoms with Crippen LogP contribution in [-0.4, -0.2) is 25.2 Å². The lowest BCUT2D eigenvalue weighted by Crippen LogP contribution is -2.43. The highest BCUT2D eigenvalue weighted by Crippen LogP contribution is 2.25. The molecule has 1 aromatic carbocycles. The summed E-state index contributed by atoms with van der Waals surface area (Å²) < 4.78 is 40.0. The van der Waals surface area contributed by atoms with Gasteiger partial charge in [-0.3, -0.25) is 0 Å². The van der Waals surface area contributed by atoms with Gasteiger partial charge in [0, 0.05) is 25.2 Å². The molecule has 0 bridgehead atoms. The lowest BCUT2D eigenvalue weighted by atomic mass is 10.1. The summed E-state index contributed by atoms with van der Waals surface area (Å²) in [6, 6.07) is 2.95. The van der Waals surface area contributed by atoms with E-state index >= 15 is 0 Å². The minimum Gasteiger partial charge on any atom is -0.369 e. The maximum absolute atomic E-state index is 13.8. The number of nitrogens with one attached hydrogen (secondary N) is 1. The molecule has 1 fully saturated rings. The third-order valence-corrected chi connectivity index (χ3v) is 3.59. The van der Waals surface area contributed by atoms with Crippen LogP contribution in [0, 0.1) is 17.5 Å². The molecule has 5 heteroatoms. The van der Waals surface area contributed by atoms with Gasteiger partial charge in [0.1, 0.15) is 0 Å². The predicted octanol–water partition coefficient (Wildman–Crippen LogP) is 3.07. The van der Waals surface area contributed by atoms with Gasteiger partial charge in [-0.15, -0.1) is 0 Å². The van der Waals surface area contributed by atoms with Crippen molar-refractivity contribution in [2.75, 3.05) is 18.0 Å². The summed E-state index contributed by atoms with van der Waals surface area (Å²) in [5, 5.41) is 3.43. The van der Waals surface area contributed by atoms with Crippen molar-refractivity contribution in [1.29, 1.82) is 0 Å². The zero-order valence-electron chi connectivity index (χ0n) is 11.2. The van der Waals surface area contributed by atoms with Crippen LogP contribution in [-0.2, 0) is 0 Å². The van der Waals surface area contributed by atoms with Crippen molar-refractivity contribution < 1.29 is 13.2 Å². The van der Waals surface area contributed by atoms with E-state index in [4.69, 9.17) is 0 Å². The van der Waals surface area contributed by atoms with Gasteiger partial charge in [-0.05, 0) is 38.8 Å². The summed E-state index contributed by atoms with van der Waals surface area (Å²) in [6.45, 7) is 5.40. The molecule has 1 heterocycles. The van der Waals surface area contributed by atoms with Crippen molar-refractivity contribution in [2.45, 2.75) is 38.8 Å². The van der Waals surface area contributed by atoms with Crippen molar-refractivity contribution in [3.05, 3.63) is 29.6 Å². The molecular formula is C14H19F3N2. The maximum atomic E-state index is 13.8. The van der Waals surface area contributed by atoms with Crippen molar-refractivity contribution in [3.63, 3.8) is 0 Å². The van der Waals surface area contributed by atoms with Crippen molar-refractivity contribution in [2.24, 2.45) is 0 Å². The van der Waals surface area contributed by atoms with Gasteiger partial charge >= 0.3 is 0 Å². The van der Waals surface area contributed by atoms with Crippen LogP contribution in [0.5, 0.6) is 0 Å². The summed E-state index contributed by atoms with van der Waals surface area (Å²) in [4.78, 5) is 1.80. The molecule has 2 atom stereocenters. The van der Waals surface area contributed by atoms with Crippen LogP contribution in [0.4, 0.5) is 18.9 Å². The van der Waals surface area contributed by atoms with Gasteiger partial charge in [0.05, 0.1) is 5.69 Å². The van der Waals surface area contributed by atoms with E-state index in [-0.39, 0.29) is 5.69 Å². The molecule has 106 valence electrons. The SMILES string of the molecule is CC1CCN(c2ccc(F)c(F)c2F)CCC(C)N1. The molecule has 0 radical (unpaired) electrons. The fraction of sp³-hybridized carbons (Fsp3) is 0.571. The first kappa shape index (κ1) is 14.2. The van der Waals surface area contributed by atoms with Gasteiger partial charge in [0.15, 0.2) is 17.5 Å². The second kappa shape index (κ2) is 5.82. The Bertz CT molecular complexity index is 439. The second-order valence-corrected chi connectivity index (χ2v) is 5.23. The molecule has 2 rings (SSSR count). The summed E-state index contributed by atoms with van der Waals surface area (Å²) in [6.07, 6.45) is 1.67. The summed E-state index contributed by atoms with van der Waals surface area (Å²) >= 11 is 0. The standard InChI is InChI=1S/C14H19F3N2/c1-9-5-7-19(8-6-10(2)18-9)12-4-3-11(15)13(16)14(12)17/h3-4,9-10,18H,5-8H2,1-2H3. The van der Waals surface area contributed by atoms with Crippen LogP contribution in [0.25, 0.3) is 0 Å². The summed E-state index contributed by atoms with van der Waals surface area (Å²) in [5.74, 6) is -3.62. The van der Waals surface area contributed by atoms with Gasteiger partial charge in [0.2, 0.25) is 0 Å². The van der Waals surface area contributed by atoms with E-state index in [2.05, 4.69) is 19.2 Å². The molecule has 1 N–H and O–H groups in total. The molecule has 0 spiro atoms. The Kier molecular flexibility index (Phi) is 4.34. The van der Waals surface area contributed by atoms with E-state index in [0.29, 0.717) is 25.2 Å². The first-order chi connectivity index (χ1) is 8.99. The highest BCUT2D eigenvalue weighted by Gasteiger charge is 2.21. The van der Waals surface area contributed by atoms with Gasteiger partial charge in [-0.25, -0.2) is 13.2 Å². The molecule has 0 amide bonds. The Morgan fingerprint density at radius 2 is 1.58 bits per heavy atom. The maximum Gasteiger partial charge on any atom is 0.196 e. The minimum atomic E-state index is -1.39. The largest absolute Gasteiger partial charge is 0.369 e. The number of nitrogens with zero attached hydrogens (tertiary/aromatic N) is 1. The van der Waals surface area contributed by atoms with Gasteiger partial charge in [-0.2, -0.15) is 0 Å². The van der Waals surface area contributed by atoms with Crippen LogP contribution in [0.2, 0.25) is 0 Å². The van der Waals surface area contributed by atoms with Crippen LogP contribution in [0.15, 0.2) is 12.1 Å². The van der Waals surface area contributed by atoms with E-state index in [1.165, 1.54) is 6.07 Å². The third-order valence-electron chi connectivity index (χ3n) is 3.59. The number of rotatable bonds is 1. The smallest absolute Gasteiger partial charge is 0.196 e. The number of anilines is 1. The highest BCUT2D eigenvalue weighted by molar-refractivity contribution is 5.48. The van der Waals surface area contributed by atoms with E-state index in [1.54, 1.807) is 4.90 Å². The highest BCUT2D eigenvalue weighted by atomic mass is 19.2. The van der Waals surface area contributed by atoms with Gasteiger partial charge in [-0.1, -0.05) is 0 Å². The lowest BCUT2D eigenvalue weighted by molar-refractivity contribution is 0.399. The summed E-state index contributed by atoms with van der Waals surface area (Å²) in [5.41, 5.74) is 0.153. The van der Waals surface area contributed by atoms with E-state index in [0.717, 1.165) is 18.9 Å². The molecule has 0 aliphatic carbocycles. The lowest BCUT2D eigenvalue weighted by Gasteiger charge is -2.32. The Labute approximate surface area is 111 Å².